The summed E-state index contributed by atoms with van der Waals surface area (Å²) in [6, 6.07) is 15.9. The summed E-state index contributed by atoms with van der Waals surface area (Å²) < 4.78 is 0. The second kappa shape index (κ2) is 8.95. The van der Waals surface area contributed by atoms with Gasteiger partial charge in [-0.2, -0.15) is 0 Å². The zero-order valence-corrected chi connectivity index (χ0v) is 15.9. The Morgan fingerprint density at radius 1 is 1.29 bits per heavy atom. The molecule has 148 valence electrons. The van der Waals surface area contributed by atoms with E-state index in [-0.39, 0.29) is 30.2 Å². The number of hydrogen-bond donors (Lipinski definition) is 1. The van der Waals surface area contributed by atoms with Crippen LogP contribution in [0.3, 0.4) is 0 Å². The standard InChI is InChI=1S/C21H25N3O4/c1-22(21(26)13-16-6-5-9-18(12-16)24(27)28)20(17-7-3-2-4-8-17)15-23-11-10-19(25)14-23/h2-9,12,19-20,25H,10-11,13-15H2,1H3/t19-,20?/m1/s1. The van der Waals surface area contributed by atoms with Crippen LogP contribution in [-0.4, -0.2) is 58.5 Å². The van der Waals surface area contributed by atoms with Crippen molar-refractivity contribution in [3.63, 3.8) is 0 Å². The molecule has 1 aliphatic rings. The molecular formula is C21H25N3O4. The summed E-state index contributed by atoms with van der Waals surface area (Å²) >= 11 is 0. The van der Waals surface area contributed by atoms with Crippen LogP contribution in [0, 0.1) is 10.1 Å². The Labute approximate surface area is 164 Å². The molecule has 1 heterocycles. The molecule has 2 aromatic rings. The third-order valence-electron chi connectivity index (χ3n) is 5.20. The molecule has 28 heavy (non-hydrogen) atoms. The summed E-state index contributed by atoms with van der Waals surface area (Å²) in [5.74, 6) is -0.103. The number of carbonyl (C=O) groups excluding carboxylic acids is 1. The molecule has 1 aliphatic heterocycles. The van der Waals surface area contributed by atoms with E-state index in [0.717, 1.165) is 18.5 Å². The summed E-state index contributed by atoms with van der Waals surface area (Å²) in [5.41, 5.74) is 1.63. The van der Waals surface area contributed by atoms with Crippen molar-refractivity contribution in [2.45, 2.75) is 25.0 Å². The van der Waals surface area contributed by atoms with E-state index >= 15 is 0 Å². The van der Waals surface area contributed by atoms with E-state index in [1.807, 2.05) is 30.3 Å². The van der Waals surface area contributed by atoms with Crippen molar-refractivity contribution in [2.75, 3.05) is 26.7 Å². The summed E-state index contributed by atoms with van der Waals surface area (Å²) in [5, 5.41) is 20.8. The van der Waals surface area contributed by atoms with Gasteiger partial charge in [-0.3, -0.25) is 19.8 Å². The monoisotopic (exact) mass is 383 g/mol. The lowest BCUT2D eigenvalue weighted by Gasteiger charge is -2.32. The Morgan fingerprint density at radius 2 is 2.04 bits per heavy atom. The SMILES string of the molecule is CN(C(=O)Cc1cccc([N+](=O)[O-])c1)C(CN1CC[C@@H](O)C1)c1ccccc1. The van der Waals surface area contributed by atoms with Gasteiger partial charge >= 0.3 is 0 Å². The van der Waals surface area contributed by atoms with E-state index in [0.29, 0.717) is 18.7 Å². The van der Waals surface area contributed by atoms with Crippen molar-refractivity contribution in [3.05, 3.63) is 75.8 Å². The molecule has 0 spiro atoms. The molecule has 7 heteroatoms. The maximum atomic E-state index is 12.9. The highest BCUT2D eigenvalue weighted by Gasteiger charge is 2.28. The molecule has 1 amide bonds. The first-order valence-corrected chi connectivity index (χ1v) is 9.38. The zero-order chi connectivity index (χ0) is 20.1. The number of likely N-dealkylation sites (tertiary alicyclic amines) is 1. The van der Waals surface area contributed by atoms with E-state index in [1.54, 1.807) is 24.1 Å². The second-order valence-electron chi connectivity index (χ2n) is 7.24. The molecule has 0 aromatic heterocycles. The summed E-state index contributed by atoms with van der Waals surface area (Å²) in [6.45, 7) is 2.05. The van der Waals surface area contributed by atoms with Gasteiger partial charge in [0.25, 0.3) is 5.69 Å². The normalized spacial score (nSPS) is 18.0. The minimum absolute atomic E-state index is 0.0152. The first-order chi connectivity index (χ1) is 13.4. The van der Waals surface area contributed by atoms with Gasteiger partial charge in [0.05, 0.1) is 23.5 Å². The number of carbonyl (C=O) groups is 1. The van der Waals surface area contributed by atoms with Crippen LogP contribution in [0.5, 0.6) is 0 Å². The summed E-state index contributed by atoms with van der Waals surface area (Å²) in [4.78, 5) is 27.3. The predicted molar refractivity (Wildman–Crippen MR) is 106 cm³/mol. The average molecular weight is 383 g/mol. The molecule has 7 nitrogen and oxygen atoms in total. The molecule has 2 atom stereocenters. The van der Waals surface area contributed by atoms with Gasteiger partial charge in [-0.25, -0.2) is 0 Å². The molecule has 0 saturated carbocycles. The predicted octanol–water partition coefficient (Wildman–Crippen LogP) is 2.40. The third kappa shape index (κ3) is 4.94. The van der Waals surface area contributed by atoms with Gasteiger partial charge in [0.1, 0.15) is 0 Å². The van der Waals surface area contributed by atoms with Gasteiger partial charge in [-0.1, -0.05) is 42.5 Å². The first kappa shape index (κ1) is 20.0. The number of nitro groups is 1. The van der Waals surface area contributed by atoms with Crippen LogP contribution in [0.4, 0.5) is 5.69 Å². The van der Waals surface area contributed by atoms with Crippen LogP contribution in [-0.2, 0) is 11.2 Å². The minimum atomic E-state index is -0.455. The molecule has 0 aliphatic carbocycles. The molecule has 1 N–H and O–H groups in total. The van der Waals surface area contributed by atoms with Crippen molar-refractivity contribution in [1.29, 1.82) is 0 Å². The highest BCUT2D eigenvalue weighted by atomic mass is 16.6. The van der Waals surface area contributed by atoms with Crippen LogP contribution in [0.15, 0.2) is 54.6 Å². The van der Waals surface area contributed by atoms with Crippen LogP contribution in [0.1, 0.15) is 23.6 Å². The smallest absolute Gasteiger partial charge is 0.269 e. The number of aliphatic hydroxyl groups is 1. The van der Waals surface area contributed by atoms with Crippen molar-refractivity contribution < 1.29 is 14.8 Å². The molecule has 1 saturated heterocycles. The van der Waals surface area contributed by atoms with Gasteiger partial charge in [0.2, 0.25) is 5.91 Å². The van der Waals surface area contributed by atoms with E-state index in [1.165, 1.54) is 12.1 Å². The number of hydrogen-bond acceptors (Lipinski definition) is 5. The van der Waals surface area contributed by atoms with Crippen LogP contribution >= 0.6 is 0 Å². The molecule has 1 unspecified atom stereocenters. The third-order valence-corrected chi connectivity index (χ3v) is 5.20. The number of nitro benzene ring substituents is 1. The first-order valence-electron chi connectivity index (χ1n) is 9.38. The molecule has 2 aromatic carbocycles. The number of rotatable bonds is 7. The quantitative estimate of drug-likeness (QED) is 0.586. The Hall–Kier alpha value is -2.77. The van der Waals surface area contributed by atoms with Gasteiger partial charge in [-0.15, -0.1) is 0 Å². The highest BCUT2D eigenvalue weighted by molar-refractivity contribution is 5.79. The summed E-state index contributed by atoms with van der Waals surface area (Å²) in [6.07, 6.45) is 0.527. The lowest BCUT2D eigenvalue weighted by molar-refractivity contribution is -0.384. The second-order valence-corrected chi connectivity index (χ2v) is 7.24. The molecule has 3 rings (SSSR count). The van der Waals surface area contributed by atoms with Crippen LogP contribution in [0.25, 0.3) is 0 Å². The van der Waals surface area contributed by atoms with Crippen molar-refractivity contribution in [2.24, 2.45) is 0 Å². The Kier molecular flexibility index (Phi) is 6.38. The van der Waals surface area contributed by atoms with Crippen molar-refractivity contribution >= 4 is 11.6 Å². The maximum Gasteiger partial charge on any atom is 0.269 e. The number of β-amino-alcohol motifs (C(OH)–C–C–N with tert-alkyl or cyclic N) is 1. The molecular weight excluding hydrogens is 358 g/mol. The highest BCUT2D eigenvalue weighted by Crippen LogP contribution is 2.24. The Balaban J connectivity index is 1.76. The summed E-state index contributed by atoms with van der Waals surface area (Å²) in [7, 11) is 1.77. The number of likely N-dealkylation sites (N-methyl/N-ethyl adjacent to an activating group) is 1. The Bertz CT molecular complexity index is 827. The average Bonchev–Trinajstić information content (AvgIpc) is 3.11. The van der Waals surface area contributed by atoms with Crippen molar-refractivity contribution in [1.82, 2.24) is 9.80 Å². The molecule has 0 radical (unpaired) electrons. The maximum absolute atomic E-state index is 12.9. The zero-order valence-electron chi connectivity index (χ0n) is 15.9. The lowest BCUT2D eigenvalue weighted by atomic mass is 10.0. The van der Waals surface area contributed by atoms with Crippen LogP contribution < -0.4 is 0 Å². The van der Waals surface area contributed by atoms with E-state index < -0.39 is 4.92 Å². The fourth-order valence-electron chi connectivity index (χ4n) is 3.60. The van der Waals surface area contributed by atoms with Gasteiger partial charge < -0.3 is 10.0 Å². The number of non-ortho nitro benzene ring substituents is 1. The van der Waals surface area contributed by atoms with Gasteiger partial charge in [-0.05, 0) is 17.5 Å². The minimum Gasteiger partial charge on any atom is -0.392 e. The van der Waals surface area contributed by atoms with Gasteiger partial charge in [0.15, 0.2) is 0 Å². The topological polar surface area (TPSA) is 86.9 Å². The number of amides is 1. The number of aliphatic hydroxyl groups excluding tert-OH is 1. The fourth-order valence-corrected chi connectivity index (χ4v) is 3.60. The lowest BCUT2D eigenvalue weighted by Crippen LogP contribution is -2.39. The van der Waals surface area contributed by atoms with E-state index in [9.17, 15) is 20.0 Å². The molecule has 1 fully saturated rings. The fraction of sp³-hybridized carbons (Fsp3) is 0.381. The number of benzene rings is 2. The largest absolute Gasteiger partial charge is 0.392 e. The van der Waals surface area contributed by atoms with Crippen molar-refractivity contribution in [3.8, 4) is 0 Å². The Morgan fingerprint density at radius 3 is 2.68 bits per heavy atom. The number of nitrogens with zero attached hydrogens (tertiary/aromatic N) is 3. The van der Waals surface area contributed by atoms with Gasteiger partial charge in [0, 0.05) is 38.8 Å². The van der Waals surface area contributed by atoms with Crippen LogP contribution in [0.2, 0.25) is 0 Å². The van der Waals surface area contributed by atoms with E-state index in [4.69, 9.17) is 0 Å². The molecule has 0 bridgehead atoms. The van der Waals surface area contributed by atoms with E-state index in [2.05, 4.69) is 4.90 Å².